The second kappa shape index (κ2) is 9.55. The quantitative estimate of drug-likeness (QED) is 0.437. The minimum atomic E-state index is 0.0108. The van der Waals surface area contributed by atoms with E-state index < -0.39 is 0 Å². The Hall–Kier alpha value is -3.18. The van der Waals surface area contributed by atoms with Crippen LogP contribution in [0.2, 0.25) is 0 Å². The molecule has 0 saturated carbocycles. The predicted octanol–water partition coefficient (Wildman–Crippen LogP) is 5.07. The number of nitrogens with zero attached hydrogens (tertiary/aromatic N) is 2. The van der Waals surface area contributed by atoms with Gasteiger partial charge in [0.1, 0.15) is 0 Å². The van der Waals surface area contributed by atoms with Crippen LogP contribution in [-0.2, 0) is 4.79 Å². The number of likely N-dealkylation sites (N-methyl/N-ethyl adjacent to an activating group) is 1. The molecule has 4 nitrogen and oxygen atoms in total. The lowest BCUT2D eigenvalue weighted by atomic mass is 9.88. The summed E-state index contributed by atoms with van der Waals surface area (Å²) in [7, 11) is 1.91. The third-order valence-corrected chi connectivity index (χ3v) is 6.30. The molecular weight excluding hydrogens is 390 g/mol. The smallest absolute Gasteiger partial charge is 0.239 e. The average Bonchev–Trinajstić information content (AvgIpc) is 3.22. The van der Waals surface area contributed by atoms with E-state index in [0.717, 1.165) is 21.8 Å². The molecule has 0 radical (unpaired) electrons. The van der Waals surface area contributed by atoms with Crippen LogP contribution < -0.4 is 10.2 Å². The molecule has 0 aliphatic carbocycles. The largest absolute Gasteiger partial charge is 0.355 e. The van der Waals surface area contributed by atoms with Crippen molar-refractivity contribution in [3.8, 4) is 0 Å². The van der Waals surface area contributed by atoms with Gasteiger partial charge >= 0.3 is 0 Å². The first-order valence-electron chi connectivity index (χ1n) is 10.1. The summed E-state index contributed by atoms with van der Waals surface area (Å²) in [6.45, 7) is 0.919. The van der Waals surface area contributed by atoms with Crippen LogP contribution in [0.4, 0.5) is 5.13 Å². The van der Waals surface area contributed by atoms with Crippen molar-refractivity contribution in [1.82, 2.24) is 10.3 Å². The van der Waals surface area contributed by atoms with Gasteiger partial charge in [0.15, 0.2) is 5.13 Å². The van der Waals surface area contributed by atoms with Crippen LogP contribution in [0.3, 0.4) is 0 Å². The average molecular weight is 416 g/mol. The monoisotopic (exact) mass is 415 g/mol. The van der Waals surface area contributed by atoms with Gasteiger partial charge in [0, 0.05) is 19.5 Å². The Balaban J connectivity index is 1.35. The Kier molecular flexibility index (Phi) is 6.40. The summed E-state index contributed by atoms with van der Waals surface area (Å²) in [5.41, 5.74) is 3.51. The van der Waals surface area contributed by atoms with E-state index in [1.54, 1.807) is 11.3 Å². The number of amides is 1. The number of carbonyl (C=O) groups is 1. The number of hydrogen-bond donors (Lipinski definition) is 1. The summed E-state index contributed by atoms with van der Waals surface area (Å²) in [5.74, 6) is 0.270. The molecule has 0 fully saturated rings. The maximum Gasteiger partial charge on any atom is 0.239 e. The number of nitrogens with one attached hydrogen (secondary N) is 1. The molecule has 4 rings (SSSR count). The second-order valence-corrected chi connectivity index (χ2v) is 8.34. The molecule has 1 amide bonds. The zero-order valence-electron chi connectivity index (χ0n) is 17.0. The number of hydrogen-bond acceptors (Lipinski definition) is 4. The van der Waals surface area contributed by atoms with E-state index in [9.17, 15) is 4.79 Å². The van der Waals surface area contributed by atoms with Gasteiger partial charge in [-0.15, -0.1) is 0 Å². The first-order chi connectivity index (χ1) is 14.7. The Labute approximate surface area is 181 Å². The first kappa shape index (κ1) is 20.1. The zero-order chi connectivity index (χ0) is 20.8. The van der Waals surface area contributed by atoms with Crippen molar-refractivity contribution in [2.75, 3.05) is 25.0 Å². The van der Waals surface area contributed by atoms with Crippen molar-refractivity contribution in [3.63, 3.8) is 0 Å². The number of aromatic nitrogens is 1. The standard InChI is InChI=1S/C25H25N3OS/c1-28(25-27-22-14-8-9-15-23(22)30-25)18-24(29)26-17-16-21(19-10-4-2-5-11-19)20-12-6-3-7-13-20/h2-15,21H,16-18H2,1H3,(H,26,29). The van der Waals surface area contributed by atoms with E-state index >= 15 is 0 Å². The molecule has 0 aliphatic rings. The molecule has 0 aliphatic heterocycles. The van der Waals surface area contributed by atoms with Gasteiger partial charge in [0.05, 0.1) is 16.8 Å². The van der Waals surface area contributed by atoms with Gasteiger partial charge in [0.2, 0.25) is 5.91 Å². The van der Waals surface area contributed by atoms with Crippen molar-refractivity contribution in [2.45, 2.75) is 12.3 Å². The highest BCUT2D eigenvalue weighted by Gasteiger charge is 2.15. The summed E-state index contributed by atoms with van der Waals surface area (Å²) in [5, 5.41) is 3.94. The maximum absolute atomic E-state index is 12.5. The molecule has 1 heterocycles. The van der Waals surface area contributed by atoms with E-state index in [4.69, 9.17) is 0 Å². The number of para-hydroxylation sites is 1. The highest BCUT2D eigenvalue weighted by Crippen LogP contribution is 2.28. The van der Waals surface area contributed by atoms with Crippen LogP contribution in [0.25, 0.3) is 10.2 Å². The van der Waals surface area contributed by atoms with Crippen molar-refractivity contribution < 1.29 is 4.79 Å². The highest BCUT2D eigenvalue weighted by molar-refractivity contribution is 7.22. The van der Waals surface area contributed by atoms with Crippen LogP contribution in [0, 0.1) is 0 Å². The summed E-state index contributed by atoms with van der Waals surface area (Å²) < 4.78 is 1.13. The van der Waals surface area contributed by atoms with Crippen molar-refractivity contribution >= 4 is 32.6 Å². The van der Waals surface area contributed by atoms with Crippen LogP contribution in [0.15, 0.2) is 84.9 Å². The third kappa shape index (κ3) is 4.86. The van der Waals surface area contributed by atoms with Gasteiger partial charge in [-0.05, 0) is 29.7 Å². The van der Waals surface area contributed by atoms with Gasteiger partial charge in [-0.1, -0.05) is 84.1 Å². The van der Waals surface area contributed by atoms with Gasteiger partial charge in [-0.3, -0.25) is 4.79 Å². The minimum absolute atomic E-state index is 0.0108. The summed E-state index contributed by atoms with van der Waals surface area (Å²) in [4.78, 5) is 19.0. The fourth-order valence-electron chi connectivity index (χ4n) is 3.61. The number of thiazole rings is 1. The molecule has 1 N–H and O–H groups in total. The molecule has 3 aromatic carbocycles. The summed E-state index contributed by atoms with van der Waals surface area (Å²) in [6.07, 6.45) is 0.852. The van der Waals surface area contributed by atoms with Crippen molar-refractivity contribution in [1.29, 1.82) is 0 Å². The molecule has 1 aromatic heterocycles. The minimum Gasteiger partial charge on any atom is -0.355 e. The van der Waals surface area contributed by atoms with Crippen molar-refractivity contribution in [3.05, 3.63) is 96.1 Å². The number of fused-ring (bicyclic) bond motifs is 1. The lowest BCUT2D eigenvalue weighted by Gasteiger charge is -2.19. The Morgan fingerprint density at radius 1 is 0.933 bits per heavy atom. The molecule has 4 aromatic rings. The second-order valence-electron chi connectivity index (χ2n) is 7.33. The molecule has 5 heteroatoms. The third-order valence-electron chi connectivity index (χ3n) is 5.15. The van der Waals surface area contributed by atoms with Crippen LogP contribution in [0.1, 0.15) is 23.5 Å². The number of anilines is 1. The maximum atomic E-state index is 12.5. The van der Waals surface area contributed by atoms with Crippen LogP contribution in [-0.4, -0.2) is 31.0 Å². The lowest BCUT2D eigenvalue weighted by molar-refractivity contribution is -0.119. The molecular formula is C25H25N3OS. The van der Waals surface area contributed by atoms with E-state index in [1.165, 1.54) is 11.1 Å². The number of rotatable bonds is 8. The molecule has 0 bridgehead atoms. The molecule has 0 atom stereocenters. The van der Waals surface area contributed by atoms with Crippen molar-refractivity contribution in [2.24, 2.45) is 0 Å². The highest BCUT2D eigenvalue weighted by atomic mass is 32.1. The van der Waals surface area contributed by atoms with Gasteiger partial charge in [0.25, 0.3) is 0 Å². The fourth-order valence-corrected chi connectivity index (χ4v) is 4.54. The summed E-state index contributed by atoms with van der Waals surface area (Å²) in [6, 6.07) is 29.0. The molecule has 152 valence electrons. The van der Waals surface area contributed by atoms with E-state index in [1.807, 2.05) is 42.3 Å². The zero-order valence-corrected chi connectivity index (χ0v) is 17.8. The molecule has 30 heavy (non-hydrogen) atoms. The van der Waals surface area contributed by atoms with E-state index in [0.29, 0.717) is 13.1 Å². The van der Waals surface area contributed by atoms with Crippen LogP contribution in [0.5, 0.6) is 0 Å². The Bertz CT molecular complexity index is 1020. The van der Waals surface area contributed by atoms with Crippen LogP contribution >= 0.6 is 11.3 Å². The Morgan fingerprint density at radius 2 is 1.53 bits per heavy atom. The van der Waals surface area contributed by atoms with Gasteiger partial charge in [-0.25, -0.2) is 4.98 Å². The SMILES string of the molecule is CN(CC(=O)NCCC(c1ccccc1)c1ccccc1)c1nc2ccccc2s1. The first-order valence-corrected chi connectivity index (χ1v) is 11.0. The topological polar surface area (TPSA) is 45.2 Å². The van der Waals surface area contributed by atoms with E-state index in [-0.39, 0.29) is 11.8 Å². The molecule has 0 spiro atoms. The fraction of sp³-hybridized carbons (Fsp3) is 0.200. The number of benzene rings is 3. The predicted molar refractivity (Wildman–Crippen MR) is 125 cm³/mol. The summed E-state index contributed by atoms with van der Waals surface area (Å²) >= 11 is 1.61. The lowest BCUT2D eigenvalue weighted by Crippen LogP contribution is -2.36. The normalized spacial score (nSPS) is 11.0. The molecule has 0 saturated heterocycles. The van der Waals surface area contributed by atoms with E-state index in [2.05, 4.69) is 64.9 Å². The van der Waals surface area contributed by atoms with Gasteiger partial charge in [-0.2, -0.15) is 0 Å². The molecule has 0 unspecified atom stereocenters. The van der Waals surface area contributed by atoms with Gasteiger partial charge < -0.3 is 10.2 Å². The Morgan fingerprint density at radius 3 is 2.17 bits per heavy atom. The number of carbonyl (C=O) groups excluding carboxylic acids is 1.